The lowest BCUT2D eigenvalue weighted by molar-refractivity contribution is -0.137. The van der Waals surface area contributed by atoms with E-state index in [2.05, 4.69) is 15.6 Å². The molecule has 2 aromatic rings. The number of aromatic nitrogens is 1. The summed E-state index contributed by atoms with van der Waals surface area (Å²) < 4.78 is 60.2. The number of alkyl halides is 3. The van der Waals surface area contributed by atoms with Crippen molar-refractivity contribution in [1.29, 1.82) is 0 Å². The summed E-state index contributed by atoms with van der Waals surface area (Å²) in [5, 5.41) is 5.68. The Bertz CT molecular complexity index is 1320. The summed E-state index contributed by atoms with van der Waals surface area (Å²) in [5.41, 5.74) is -1.70. The Hall–Kier alpha value is -3.44. The maximum atomic E-state index is 13.7. The van der Waals surface area contributed by atoms with Crippen LogP contribution in [0.25, 0.3) is 0 Å². The molecule has 1 aromatic carbocycles. The van der Waals surface area contributed by atoms with Gasteiger partial charge in [-0.3, -0.25) is 9.78 Å². The average Bonchev–Trinajstić information content (AvgIpc) is 3.40. The molecule has 2 aliphatic rings. The van der Waals surface area contributed by atoms with Crippen LogP contribution < -0.4 is 15.5 Å². The number of amides is 2. The van der Waals surface area contributed by atoms with Gasteiger partial charge >= 0.3 is 12.3 Å². The largest absolute Gasteiger partial charge is 0.448 e. The molecular formula is C27H27ClF4N4O3. The van der Waals surface area contributed by atoms with Crippen molar-refractivity contribution in [2.24, 2.45) is 0 Å². The number of halogens is 5. The summed E-state index contributed by atoms with van der Waals surface area (Å²) in [6.07, 6.45) is 0.124. The predicted molar refractivity (Wildman–Crippen MR) is 138 cm³/mol. The lowest BCUT2D eigenvalue weighted by Gasteiger charge is -2.33. The predicted octanol–water partition coefficient (Wildman–Crippen LogP) is 5.08. The number of anilines is 1. The summed E-state index contributed by atoms with van der Waals surface area (Å²) >= 11 is 5.87. The minimum Gasteiger partial charge on any atom is -0.448 e. The number of carbonyl (C=O) groups excluding carboxylic acids is 2. The number of alkyl carbamates (subject to hydrolysis) is 1. The average molecular weight is 567 g/mol. The number of hydrogen-bond acceptors (Lipinski definition) is 5. The number of rotatable bonds is 6. The van der Waals surface area contributed by atoms with Gasteiger partial charge in [-0.25, -0.2) is 9.18 Å². The van der Waals surface area contributed by atoms with Crippen molar-refractivity contribution in [3.8, 4) is 0 Å². The SMILES string of the molecule is Cc1cc(C(F)(F)F)cc([C@@]2(COC(=O)NC3CCNC3)C=C(C(=O)N(C)c3ccc(F)c(Cl)c3)C=CC2)n1. The van der Waals surface area contributed by atoms with Crippen LogP contribution in [0.2, 0.25) is 5.02 Å². The molecule has 1 saturated heterocycles. The van der Waals surface area contributed by atoms with Crippen LogP contribution in [-0.2, 0) is 21.1 Å². The van der Waals surface area contributed by atoms with Crippen molar-refractivity contribution in [3.63, 3.8) is 0 Å². The van der Waals surface area contributed by atoms with Crippen LogP contribution in [0.4, 0.5) is 28.0 Å². The highest BCUT2D eigenvalue weighted by atomic mass is 35.5. The number of allylic oxidation sites excluding steroid dienone is 1. The summed E-state index contributed by atoms with van der Waals surface area (Å²) in [6, 6.07) is 5.51. The van der Waals surface area contributed by atoms with E-state index < -0.39 is 35.0 Å². The fourth-order valence-corrected chi connectivity index (χ4v) is 4.73. The molecule has 208 valence electrons. The summed E-state index contributed by atoms with van der Waals surface area (Å²) in [7, 11) is 1.46. The summed E-state index contributed by atoms with van der Waals surface area (Å²) in [4.78, 5) is 31.6. The zero-order valence-electron chi connectivity index (χ0n) is 21.2. The Labute approximate surface area is 227 Å². The first-order valence-corrected chi connectivity index (χ1v) is 12.6. The van der Waals surface area contributed by atoms with Crippen LogP contribution >= 0.6 is 11.6 Å². The number of ether oxygens (including phenoxy) is 1. The van der Waals surface area contributed by atoms with Gasteiger partial charge in [-0.2, -0.15) is 13.2 Å². The number of carbonyl (C=O) groups is 2. The van der Waals surface area contributed by atoms with Gasteiger partial charge in [0.2, 0.25) is 0 Å². The second-order valence-corrected chi connectivity index (χ2v) is 10.0. The van der Waals surface area contributed by atoms with Crippen LogP contribution in [0.5, 0.6) is 0 Å². The molecule has 1 aliphatic heterocycles. The van der Waals surface area contributed by atoms with Crippen LogP contribution in [0.3, 0.4) is 0 Å². The number of pyridine rings is 1. The molecule has 1 aliphatic carbocycles. The fraction of sp³-hybridized carbons (Fsp3) is 0.370. The third kappa shape index (κ3) is 6.59. The Morgan fingerprint density at radius 3 is 2.72 bits per heavy atom. The standard InChI is InChI=1S/C27H27ClF4N4O3/c1-16-10-18(27(30,31)32)11-23(34-16)26(15-39-25(38)35-19-7-9-33-14-19)8-3-4-17(13-26)24(37)36(2)20-5-6-22(29)21(28)12-20/h3-6,10-13,19,33H,7-9,14-15H2,1-2H3,(H,35,38)/t19?,26-/m1/s1. The minimum atomic E-state index is -4.63. The molecule has 2 heterocycles. The van der Waals surface area contributed by atoms with Crippen molar-refractivity contribution in [2.45, 2.75) is 37.4 Å². The van der Waals surface area contributed by atoms with Gasteiger partial charge in [-0.1, -0.05) is 29.8 Å². The fourth-order valence-electron chi connectivity index (χ4n) is 4.56. The second kappa shape index (κ2) is 11.4. The molecule has 4 rings (SSSR count). The van der Waals surface area contributed by atoms with Crippen molar-refractivity contribution in [2.75, 3.05) is 31.6 Å². The van der Waals surface area contributed by atoms with Crippen molar-refractivity contribution >= 4 is 29.3 Å². The van der Waals surface area contributed by atoms with Gasteiger partial charge in [0.05, 0.1) is 21.7 Å². The van der Waals surface area contributed by atoms with Crippen LogP contribution in [0.15, 0.2) is 54.1 Å². The van der Waals surface area contributed by atoms with E-state index in [-0.39, 0.29) is 41.1 Å². The minimum absolute atomic E-state index is 0.00675. The van der Waals surface area contributed by atoms with Crippen molar-refractivity contribution < 1.29 is 31.9 Å². The number of aryl methyl sites for hydroxylation is 1. The Kier molecular flexibility index (Phi) is 8.31. The van der Waals surface area contributed by atoms with E-state index in [1.807, 2.05) is 0 Å². The molecular weight excluding hydrogens is 540 g/mol. The normalized spacial score (nSPS) is 20.9. The quantitative estimate of drug-likeness (QED) is 0.477. The third-order valence-electron chi connectivity index (χ3n) is 6.69. The Balaban J connectivity index is 1.70. The number of likely N-dealkylation sites (N-methyl/N-ethyl adjacent to an activating group) is 1. The second-order valence-electron chi connectivity index (χ2n) is 9.62. The number of nitrogens with zero attached hydrogens (tertiary/aromatic N) is 2. The monoisotopic (exact) mass is 566 g/mol. The smallest absolute Gasteiger partial charge is 0.416 e. The highest BCUT2D eigenvalue weighted by Crippen LogP contribution is 2.38. The highest BCUT2D eigenvalue weighted by molar-refractivity contribution is 6.31. The van der Waals surface area contributed by atoms with Crippen LogP contribution in [0.1, 0.15) is 29.8 Å². The molecule has 0 radical (unpaired) electrons. The van der Waals surface area contributed by atoms with Gasteiger partial charge in [-0.05, 0) is 56.6 Å². The van der Waals surface area contributed by atoms with Gasteiger partial charge in [0.15, 0.2) is 0 Å². The molecule has 39 heavy (non-hydrogen) atoms. The van der Waals surface area contributed by atoms with E-state index in [1.54, 1.807) is 6.08 Å². The molecule has 1 fully saturated rings. The number of hydrogen-bond donors (Lipinski definition) is 2. The molecule has 1 aromatic heterocycles. The van der Waals surface area contributed by atoms with Crippen LogP contribution in [-0.4, -0.2) is 49.8 Å². The van der Waals surface area contributed by atoms with E-state index in [4.69, 9.17) is 16.3 Å². The van der Waals surface area contributed by atoms with Crippen LogP contribution in [0, 0.1) is 12.7 Å². The van der Waals surface area contributed by atoms with Gasteiger partial charge in [0.25, 0.3) is 5.91 Å². The molecule has 2 atom stereocenters. The molecule has 0 saturated carbocycles. The van der Waals surface area contributed by atoms with E-state index in [0.29, 0.717) is 12.2 Å². The highest BCUT2D eigenvalue weighted by Gasteiger charge is 2.39. The summed E-state index contributed by atoms with van der Waals surface area (Å²) in [6.45, 7) is 2.40. The first kappa shape index (κ1) is 28.6. The Morgan fingerprint density at radius 2 is 2.05 bits per heavy atom. The number of nitrogens with one attached hydrogen (secondary N) is 2. The molecule has 0 bridgehead atoms. The molecule has 12 heteroatoms. The van der Waals surface area contributed by atoms with Gasteiger partial charge in [-0.15, -0.1) is 0 Å². The molecule has 0 spiro atoms. The Morgan fingerprint density at radius 1 is 1.28 bits per heavy atom. The van der Waals surface area contributed by atoms with E-state index in [1.165, 1.54) is 43.2 Å². The van der Waals surface area contributed by atoms with E-state index >= 15 is 0 Å². The molecule has 7 nitrogen and oxygen atoms in total. The van der Waals surface area contributed by atoms with Gasteiger partial charge < -0.3 is 20.3 Å². The summed E-state index contributed by atoms with van der Waals surface area (Å²) in [5.74, 6) is -1.17. The third-order valence-corrected chi connectivity index (χ3v) is 6.98. The first-order valence-electron chi connectivity index (χ1n) is 12.2. The zero-order valence-corrected chi connectivity index (χ0v) is 22.0. The zero-order chi connectivity index (χ0) is 28.4. The lowest BCUT2D eigenvalue weighted by Crippen LogP contribution is -2.41. The molecule has 1 unspecified atom stereocenters. The van der Waals surface area contributed by atoms with Gasteiger partial charge in [0.1, 0.15) is 12.4 Å². The maximum absolute atomic E-state index is 13.7. The molecule has 2 N–H and O–H groups in total. The van der Waals surface area contributed by atoms with Gasteiger partial charge in [0, 0.05) is 36.6 Å². The first-order chi connectivity index (χ1) is 18.4. The van der Waals surface area contributed by atoms with Crippen molar-refractivity contribution in [3.05, 3.63) is 81.9 Å². The molecule has 2 amide bonds. The lowest BCUT2D eigenvalue weighted by atomic mass is 9.76. The topological polar surface area (TPSA) is 83.6 Å². The number of benzene rings is 1. The maximum Gasteiger partial charge on any atom is 0.416 e. The van der Waals surface area contributed by atoms with Crippen molar-refractivity contribution in [1.82, 2.24) is 15.6 Å². The van der Waals surface area contributed by atoms with E-state index in [0.717, 1.165) is 31.2 Å². The van der Waals surface area contributed by atoms with E-state index in [9.17, 15) is 27.2 Å².